The van der Waals surface area contributed by atoms with Gasteiger partial charge in [-0.1, -0.05) is 6.92 Å². The van der Waals surface area contributed by atoms with Crippen molar-refractivity contribution in [3.8, 4) is 5.75 Å². The number of aromatic hydroxyl groups is 1. The Labute approximate surface area is 112 Å². The molecule has 2 rings (SSSR count). The highest BCUT2D eigenvalue weighted by atomic mass is 16.4. The summed E-state index contributed by atoms with van der Waals surface area (Å²) in [6.45, 7) is 4.87. The number of carbonyl (C=O) groups is 1. The maximum atomic E-state index is 11.6. The van der Waals surface area contributed by atoms with Gasteiger partial charge in [0.15, 0.2) is 0 Å². The topological polar surface area (TPSA) is 73.7 Å². The zero-order chi connectivity index (χ0) is 14.0. The van der Waals surface area contributed by atoms with Crippen molar-refractivity contribution in [2.45, 2.75) is 45.2 Å². The van der Waals surface area contributed by atoms with Gasteiger partial charge < -0.3 is 10.2 Å². The van der Waals surface area contributed by atoms with Crippen LogP contribution < -0.4 is 0 Å². The Morgan fingerprint density at radius 3 is 2.89 bits per heavy atom. The maximum Gasteiger partial charge on any atom is 0.324 e. The fourth-order valence-corrected chi connectivity index (χ4v) is 2.86. The monoisotopic (exact) mass is 264 g/mol. The second kappa shape index (κ2) is 5.17. The Morgan fingerprint density at radius 2 is 2.26 bits per heavy atom. The van der Waals surface area contributed by atoms with E-state index in [1.165, 1.54) is 0 Å². The fourth-order valence-electron chi connectivity index (χ4n) is 2.86. The molecule has 5 nitrogen and oxygen atoms in total. The molecule has 1 aliphatic rings. The summed E-state index contributed by atoms with van der Waals surface area (Å²) in [5.74, 6) is -0.646. The van der Waals surface area contributed by atoms with E-state index in [0.29, 0.717) is 25.1 Å². The molecule has 1 saturated heterocycles. The minimum absolute atomic E-state index is 0.132. The smallest absolute Gasteiger partial charge is 0.324 e. The van der Waals surface area contributed by atoms with Crippen molar-refractivity contribution >= 4 is 5.97 Å². The lowest BCUT2D eigenvalue weighted by Gasteiger charge is -2.33. The van der Waals surface area contributed by atoms with E-state index in [4.69, 9.17) is 0 Å². The number of carboxylic acids is 1. The molecular formula is C14H20N2O3. The average molecular weight is 264 g/mol. The minimum atomic E-state index is -0.808. The van der Waals surface area contributed by atoms with Crippen LogP contribution in [0.25, 0.3) is 0 Å². The van der Waals surface area contributed by atoms with Crippen LogP contribution in [0.4, 0.5) is 0 Å². The predicted octanol–water partition coefficient (Wildman–Crippen LogP) is 1.92. The Morgan fingerprint density at radius 1 is 1.53 bits per heavy atom. The molecule has 0 amide bonds. The molecule has 0 radical (unpaired) electrons. The van der Waals surface area contributed by atoms with Gasteiger partial charge in [0, 0.05) is 12.2 Å². The predicted molar refractivity (Wildman–Crippen MR) is 70.9 cm³/mol. The van der Waals surface area contributed by atoms with E-state index >= 15 is 0 Å². The highest BCUT2D eigenvalue weighted by Gasteiger charge is 2.46. The van der Waals surface area contributed by atoms with Crippen LogP contribution in [0.15, 0.2) is 12.1 Å². The van der Waals surface area contributed by atoms with E-state index in [1.54, 1.807) is 12.1 Å². The molecule has 1 fully saturated rings. The molecule has 1 aromatic heterocycles. The van der Waals surface area contributed by atoms with Crippen molar-refractivity contribution in [2.24, 2.45) is 0 Å². The Bertz CT molecular complexity index is 490. The van der Waals surface area contributed by atoms with E-state index in [9.17, 15) is 15.0 Å². The van der Waals surface area contributed by atoms with Gasteiger partial charge in [-0.2, -0.15) is 0 Å². The SMILES string of the molecule is CCC1(C(=O)O)CCCN1Cc1nc(C)ccc1O. The first-order valence-corrected chi connectivity index (χ1v) is 6.63. The number of likely N-dealkylation sites (tertiary alicyclic amines) is 1. The van der Waals surface area contributed by atoms with Gasteiger partial charge in [-0.05, 0) is 44.9 Å². The first kappa shape index (κ1) is 13.8. The second-order valence-electron chi connectivity index (χ2n) is 5.13. The lowest BCUT2D eigenvalue weighted by Crippen LogP contribution is -2.49. The number of pyridine rings is 1. The zero-order valence-electron chi connectivity index (χ0n) is 11.4. The number of nitrogens with zero attached hydrogens (tertiary/aromatic N) is 2. The maximum absolute atomic E-state index is 11.6. The largest absolute Gasteiger partial charge is 0.506 e. The summed E-state index contributed by atoms with van der Waals surface area (Å²) in [5.41, 5.74) is 0.572. The molecule has 19 heavy (non-hydrogen) atoms. The van der Waals surface area contributed by atoms with E-state index in [0.717, 1.165) is 18.7 Å². The molecule has 1 atom stereocenters. The highest BCUT2D eigenvalue weighted by molar-refractivity contribution is 5.79. The molecule has 0 bridgehead atoms. The summed E-state index contributed by atoms with van der Waals surface area (Å²) in [6.07, 6.45) is 2.09. The van der Waals surface area contributed by atoms with Gasteiger partial charge in [-0.15, -0.1) is 0 Å². The summed E-state index contributed by atoms with van der Waals surface area (Å²) in [7, 11) is 0. The summed E-state index contributed by atoms with van der Waals surface area (Å²) >= 11 is 0. The lowest BCUT2D eigenvalue weighted by molar-refractivity contribution is -0.150. The van der Waals surface area contributed by atoms with Gasteiger partial charge in [0.1, 0.15) is 11.3 Å². The highest BCUT2D eigenvalue weighted by Crippen LogP contribution is 2.34. The Balaban J connectivity index is 2.27. The summed E-state index contributed by atoms with van der Waals surface area (Å²) < 4.78 is 0. The van der Waals surface area contributed by atoms with Gasteiger partial charge in [-0.3, -0.25) is 14.7 Å². The van der Waals surface area contributed by atoms with Crippen molar-refractivity contribution < 1.29 is 15.0 Å². The first-order valence-electron chi connectivity index (χ1n) is 6.63. The summed E-state index contributed by atoms with van der Waals surface area (Å²) in [5, 5.41) is 19.4. The average Bonchev–Trinajstić information content (AvgIpc) is 2.78. The zero-order valence-corrected chi connectivity index (χ0v) is 11.4. The van der Waals surface area contributed by atoms with E-state index in [1.807, 2.05) is 18.7 Å². The summed E-state index contributed by atoms with van der Waals surface area (Å²) in [4.78, 5) is 17.8. The number of aromatic nitrogens is 1. The van der Waals surface area contributed by atoms with Crippen LogP contribution in [0.1, 0.15) is 37.6 Å². The van der Waals surface area contributed by atoms with Crippen molar-refractivity contribution in [2.75, 3.05) is 6.54 Å². The molecule has 1 aromatic rings. The van der Waals surface area contributed by atoms with Crippen LogP contribution in [0.5, 0.6) is 5.75 Å². The molecule has 0 aliphatic carbocycles. The van der Waals surface area contributed by atoms with E-state index in [-0.39, 0.29) is 5.75 Å². The molecule has 0 aromatic carbocycles. The third-order valence-corrected chi connectivity index (χ3v) is 4.04. The Hall–Kier alpha value is -1.62. The molecule has 0 spiro atoms. The van der Waals surface area contributed by atoms with Gasteiger partial charge in [0.25, 0.3) is 0 Å². The van der Waals surface area contributed by atoms with Crippen molar-refractivity contribution in [3.05, 3.63) is 23.5 Å². The van der Waals surface area contributed by atoms with Crippen LogP contribution in [0.2, 0.25) is 0 Å². The van der Waals surface area contributed by atoms with E-state index < -0.39 is 11.5 Å². The number of hydrogen-bond acceptors (Lipinski definition) is 4. The van der Waals surface area contributed by atoms with Crippen LogP contribution in [0.3, 0.4) is 0 Å². The van der Waals surface area contributed by atoms with Gasteiger partial charge in [0.2, 0.25) is 0 Å². The van der Waals surface area contributed by atoms with Gasteiger partial charge in [-0.25, -0.2) is 0 Å². The molecule has 104 valence electrons. The molecule has 2 heterocycles. The number of carboxylic acid groups (broad SMARTS) is 1. The molecule has 0 saturated carbocycles. The standard InChI is InChI=1S/C14H20N2O3/c1-3-14(13(18)19)7-4-8-16(14)9-11-12(17)6-5-10(2)15-11/h5-6,17H,3-4,7-9H2,1-2H3,(H,18,19). The normalized spacial score (nSPS) is 23.7. The van der Waals surface area contributed by atoms with Crippen LogP contribution in [-0.2, 0) is 11.3 Å². The second-order valence-corrected chi connectivity index (χ2v) is 5.13. The molecule has 5 heteroatoms. The Kier molecular flexibility index (Phi) is 3.75. The first-order chi connectivity index (χ1) is 8.99. The molecule has 2 N–H and O–H groups in total. The minimum Gasteiger partial charge on any atom is -0.506 e. The third-order valence-electron chi connectivity index (χ3n) is 4.04. The van der Waals surface area contributed by atoms with Gasteiger partial charge >= 0.3 is 5.97 Å². The van der Waals surface area contributed by atoms with Crippen LogP contribution in [0, 0.1) is 6.92 Å². The lowest BCUT2D eigenvalue weighted by atomic mass is 9.93. The quantitative estimate of drug-likeness (QED) is 0.869. The van der Waals surface area contributed by atoms with Gasteiger partial charge in [0.05, 0.1) is 5.69 Å². The molecule has 1 aliphatic heterocycles. The van der Waals surface area contributed by atoms with E-state index in [2.05, 4.69) is 4.98 Å². The summed E-state index contributed by atoms with van der Waals surface area (Å²) in [6, 6.07) is 3.36. The number of aliphatic carboxylic acids is 1. The number of aryl methyl sites for hydroxylation is 1. The fraction of sp³-hybridized carbons (Fsp3) is 0.571. The van der Waals surface area contributed by atoms with Crippen molar-refractivity contribution in [1.29, 1.82) is 0 Å². The third kappa shape index (κ3) is 2.42. The van der Waals surface area contributed by atoms with Crippen molar-refractivity contribution in [3.63, 3.8) is 0 Å². The number of hydrogen-bond donors (Lipinski definition) is 2. The van der Waals surface area contributed by atoms with Crippen LogP contribution >= 0.6 is 0 Å². The number of rotatable bonds is 4. The van der Waals surface area contributed by atoms with Crippen LogP contribution in [-0.4, -0.2) is 38.1 Å². The van der Waals surface area contributed by atoms with Crippen molar-refractivity contribution in [1.82, 2.24) is 9.88 Å². The molecular weight excluding hydrogens is 244 g/mol. The molecule has 1 unspecified atom stereocenters.